The van der Waals surface area contributed by atoms with Crippen LogP contribution in [0.25, 0.3) is 0 Å². The molecule has 0 aromatic heterocycles. The Morgan fingerprint density at radius 2 is 2.20 bits per heavy atom. The topological polar surface area (TPSA) is 60.8 Å². The minimum absolute atomic E-state index is 0.294. The van der Waals surface area contributed by atoms with Gasteiger partial charge in [-0.05, 0) is 6.08 Å². The molecule has 0 spiro atoms. The van der Waals surface area contributed by atoms with Crippen molar-refractivity contribution in [1.29, 1.82) is 0 Å². The molecule has 1 rings (SSSR count). The lowest BCUT2D eigenvalue weighted by Crippen LogP contribution is -2.46. The summed E-state index contributed by atoms with van der Waals surface area (Å²) >= 11 is 0. The maximum atomic E-state index is 10.7. The highest BCUT2D eigenvalue weighted by Gasteiger charge is 2.25. The lowest BCUT2D eigenvalue weighted by Gasteiger charge is -2.28. The minimum atomic E-state index is -1.10. The van der Waals surface area contributed by atoms with Crippen molar-refractivity contribution in [2.45, 2.75) is 12.3 Å². The Labute approximate surface area is 58.4 Å². The number of aliphatic hydroxyl groups excluding tert-OH is 2. The molecule has 4 heteroatoms. The Balaban J connectivity index is 2.79. The summed E-state index contributed by atoms with van der Waals surface area (Å²) in [7, 11) is 1.43. The summed E-state index contributed by atoms with van der Waals surface area (Å²) in [4.78, 5) is 11.8. The molecule has 0 bridgehead atoms. The van der Waals surface area contributed by atoms with Crippen LogP contribution in [0.15, 0.2) is 12.2 Å². The van der Waals surface area contributed by atoms with Crippen molar-refractivity contribution in [1.82, 2.24) is 4.90 Å². The largest absolute Gasteiger partial charge is 0.384 e. The fourth-order valence-electron chi connectivity index (χ4n) is 0.757. The van der Waals surface area contributed by atoms with Gasteiger partial charge >= 0.3 is 0 Å². The highest BCUT2D eigenvalue weighted by atomic mass is 16.3. The Hall–Kier alpha value is -0.870. The van der Waals surface area contributed by atoms with Crippen LogP contribution in [0.4, 0.5) is 0 Å². The molecule has 0 aromatic rings. The van der Waals surface area contributed by atoms with E-state index in [1.54, 1.807) is 0 Å². The first-order valence-corrected chi connectivity index (χ1v) is 2.94. The Kier molecular flexibility index (Phi) is 1.74. The van der Waals surface area contributed by atoms with Crippen LogP contribution in [-0.4, -0.2) is 40.4 Å². The number of aliphatic hydroxyl groups is 2. The molecular weight excluding hydrogens is 134 g/mol. The number of rotatable bonds is 0. The van der Waals surface area contributed by atoms with Crippen molar-refractivity contribution in [3.63, 3.8) is 0 Å². The maximum absolute atomic E-state index is 10.7. The van der Waals surface area contributed by atoms with E-state index in [1.807, 2.05) is 0 Å². The Morgan fingerprint density at radius 3 is 2.70 bits per heavy atom. The van der Waals surface area contributed by atoms with E-state index in [1.165, 1.54) is 19.2 Å². The summed E-state index contributed by atoms with van der Waals surface area (Å²) in [6, 6.07) is 0. The van der Waals surface area contributed by atoms with E-state index >= 15 is 0 Å². The highest BCUT2D eigenvalue weighted by molar-refractivity contribution is 5.88. The maximum Gasteiger partial charge on any atom is 0.248 e. The van der Waals surface area contributed by atoms with Gasteiger partial charge in [0.15, 0.2) is 6.23 Å². The lowest BCUT2D eigenvalue weighted by atomic mass is 10.2. The summed E-state index contributed by atoms with van der Waals surface area (Å²) < 4.78 is 0. The second-order valence-electron chi connectivity index (χ2n) is 2.21. The van der Waals surface area contributed by atoms with Crippen molar-refractivity contribution in [2.24, 2.45) is 0 Å². The number of hydrogen-bond donors (Lipinski definition) is 2. The molecule has 1 heterocycles. The summed E-state index contributed by atoms with van der Waals surface area (Å²) in [6.07, 6.45) is 0.449. The number of hydrogen-bond acceptors (Lipinski definition) is 3. The monoisotopic (exact) mass is 143 g/mol. The summed E-state index contributed by atoms with van der Waals surface area (Å²) in [5, 5.41) is 18.0. The predicted octanol–water partition coefficient (Wildman–Crippen LogP) is -1.31. The van der Waals surface area contributed by atoms with Crippen LogP contribution in [0, 0.1) is 0 Å². The molecule has 0 fully saturated rings. The van der Waals surface area contributed by atoms with Crippen LogP contribution in [-0.2, 0) is 4.79 Å². The Bertz CT molecular complexity index is 178. The van der Waals surface area contributed by atoms with E-state index in [0.29, 0.717) is 0 Å². The van der Waals surface area contributed by atoms with Crippen LogP contribution in [0.1, 0.15) is 0 Å². The van der Waals surface area contributed by atoms with E-state index in [2.05, 4.69) is 0 Å². The van der Waals surface area contributed by atoms with Crippen molar-refractivity contribution < 1.29 is 15.0 Å². The van der Waals surface area contributed by atoms with Gasteiger partial charge in [-0.3, -0.25) is 4.79 Å². The lowest BCUT2D eigenvalue weighted by molar-refractivity contribution is -0.141. The third-order valence-corrected chi connectivity index (χ3v) is 1.49. The number of amides is 1. The number of carbonyl (C=O) groups excluding carboxylic acids is 1. The molecule has 0 saturated heterocycles. The molecule has 2 atom stereocenters. The van der Waals surface area contributed by atoms with Crippen LogP contribution in [0.3, 0.4) is 0 Å². The van der Waals surface area contributed by atoms with Gasteiger partial charge in [-0.15, -0.1) is 0 Å². The fourth-order valence-corrected chi connectivity index (χ4v) is 0.757. The molecule has 10 heavy (non-hydrogen) atoms. The third kappa shape index (κ3) is 1.03. The van der Waals surface area contributed by atoms with E-state index in [-0.39, 0.29) is 5.91 Å². The van der Waals surface area contributed by atoms with Gasteiger partial charge < -0.3 is 15.1 Å². The predicted molar refractivity (Wildman–Crippen MR) is 33.9 cm³/mol. The van der Waals surface area contributed by atoms with Gasteiger partial charge in [0.2, 0.25) is 5.91 Å². The third-order valence-electron chi connectivity index (χ3n) is 1.49. The van der Waals surface area contributed by atoms with Gasteiger partial charge in [-0.1, -0.05) is 0 Å². The molecule has 1 amide bonds. The summed E-state index contributed by atoms with van der Waals surface area (Å²) in [5.74, 6) is -0.294. The zero-order chi connectivity index (χ0) is 7.72. The van der Waals surface area contributed by atoms with Crippen molar-refractivity contribution in [3.8, 4) is 0 Å². The van der Waals surface area contributed by atoms with Gasteiger partial charge in [0.1, 0.15) is 6.10 Å². The van der Waals surface area contributed by atoms with Gasteiger partial charge in [0.25, 0.3) is 0 Å². The standard InChI is InChI=1S/C6H9NO3/c1-7-5(9)3-2-4(8)6(7)10/h2-4,6,8,10H,1H3/t4-,6+/m0/s1. The molecule has 0 aliphatic carbocycles. The second kappa shape index (κ2) is 2.40. The van der Waals surface area contributed by atoms with Crippen LogP contribution < -0.4 is 0 Å². The van der Waals surface area contributed by atoms with E-state index in [9.17, 15) is 4.79 Å². The summed E-state index contributed by atoms with van der Waals surface area (Å²) in [5.41, 5.74) is 0. The SMILES string of the molecule is CN1C(=O)C=C[C@H](O)[C@H]1O. The van der Waals surface area contributed by atoms with Crippen LogP contribution >= 0.6 is 0 Å². The number of carbonyl (C=O) groups is 1. The average Bonchev–Trinajstić information content (AvgIpc) is 1.93. The van der Waals surface area contributed by atoms with Crippen molar-refractivity contribution in [3.05, 3.63) is 12.2 Å². The summed E-state index contributed by atoms with van der Waals surface area (Å²) in [6.45, 7) is 0. The number of nitrogens with zero attached hydrogens (tertiary/aromatic N) is 1. The Morgan fingerprint density at radius 1 is 1.60 bits per heavy atom. The minimum Gasteiger partial charge on any atom is -0.384 e. The first kappa shape index (κ1) is 7.24. The van der Waals surface area contributed by atoms with Crippen LogP contribution in [0.2, 0.25) is 0 Å². The number of likely N-dealkylation sites (N-methyl/N-ethyl adjacent to an activating group) is 1. The fraction of sp³-hybridized carbons (Fsp3) is 0.500. The first-order chi connectivity index (χ1) is 4.63. The molecule has 0 saturated carbocycles. The second-order valence-corrected chi connectivity index (χ2v) is 2.21. The molecule has 56 valence electrons. The normalized spacial score (nSPS) is 33.1. The average molecular weight is 143 g/mol. The van der Waals surface area contributed by atoms with Crippen molar-refractivity contribution >= 4 is 5.91 Å². The zero-order valence-corrected chi connectivity index (χ0v) is 5.56. The molecular formula is C6H9NO3. The van der Waals surface area contributed by atoms with Gasteiger partial charge in [0, 0.05) is 13.1 Å². The zero-order valence-electron chi connectivity index (χ0n) is 5.56. The van der Waals surface area contributed by atoms with E-state index in [0.717, 1.165) is 4.90 Å². The van der Waals surface area contributed by atoms with Crippen LogP contribution in [0.5, 0.6) is 0 Å². The smallest absolute Gasteiger partial charge is 0.248 e. The molecule has 2 N–H and O–H groups in total. The molecule has 1 aliphatic rings. The van der Waals surface area contributed by atoms with Gasteiger partial charge in [-0.2, -0.15) is 0 Å². The van der Waals surface area contributed by atoms with Crippen molar-refractivity contribution in [2.75, 3.05) is 7.05 Å². The van der Waals surface area contributed by atoms with E-state index < -0.39 is 12.3 Å². The molecule has 0 radical (unpaired) electrons. The van der Waals surface area contributed by atoms with Gasteiger partial charge in [-0.25, -0.2) is 0 Å². The first-order valence-electron chi connectivity index (χ1n) is 2.94. The van der Waals surface area contributed by atoms with E-state index in [4.69, 9.17) is 10.2 Å². The molecule has 0 aromatic carbocycles. The molecule has 1 aliphatic heterocycles. The molecule has 0 unspecified atom stereocenters. The molecule has 4 nitrogen and oxygen atoms in total. The quantitative estimate of drug-likeness (QED) is 0.443. The highest BCUT2D eigenvalue weighted by Crippen LogP contribution is 2.07. The van der Waals surface area contributed by atoms with Gasteiger partial charge in [0.05, 0.1) is 0 Å².